The van der Waals surface area contributed by atoms with E-state index in [0.717, 1.165) is 27.8 Å². The second-order valence-corrected chi connectivity index (χ2v) is 6.18. The van der Waals surface area contributed by atoms with Crippen molar-refractivity contribution >= 4 is 35.1 Å². The SMILES string of the molecule is COc1cc(CO)cc(C(S)=C(S)c2cc(C)cc(CO)c2)c1. The molecule has 0 spiro atoms. The first-order chi connectivity index (χ1) is 11.0. The molecule has 0 aliphatic carbocycles. The van der Waals surface area contributed by atoms with Gasteiger partial charge in [0.1, 0.15) is 5.75 Å². The molecule has 0 heterocycles. The zero-order chi connectivity index (χ0) is 17.0. The molecule has 0 aliphatic rings. The number of aliphatic hydroxyl groups excluding tert-OH is 2. The Morgan fingerprint density at radius 1 is 0.870 bits per heavy atom. The highest BCUT2D eigenvalue weighted by molar-refractivity contribution is 7.96. The first-order valence-corrected chi connectivity index (χ1v) is 8.01. The van der Waals surface area contributed by atoms with Crippen molar-refractivity contribution in [2.45, 2.75) is 20.1 Å². The molecule has 0 aliphatic heterocycles. The average molecular weight is 348 g/mol. The molecule has 2 N–H and O–H groups in total. The van der Waals surface area contributed by atoms with Crippen molar-refractivity contribution in [3.05, 3.63) is 64.2 Å². The molecule has 0 fully saturated rings. The minimum absolute atomic E-state index is 0.0224. The molecule has 2 aromatic carbocycles. The lowest BCUT2D eigenvalue weighted by Gasteiger charge is -2.12. The lowest BCUT2D eigenvalue weighted by Crippen LogP contribution is -1.93. The van der Waals surface area contributed by atoms with Crippen molar-refractivity contribution in [1.82, 2.24) is 0 Å². The van der Waals surface area contributed by atoms with Crippen LogP contribution in [0.15, 0.2) is 36.4 Å². The van der Waals surface area contributed by atoms with Crippen LogP contribution < -0.4 is 4.74 Å². The molecule has 2 rings (SSSR count). The van der Waals surface area contributed by atoms with Crippen LogP contribution in [0.4, 0.5) is 0 Å². The van der Waals surface area contributed by atoms with Gasteiger partial charge in [-0.05, 0) is 53.4 Å². The highest BCUT2D eigenvalue weighted by Gasteiger charge is 2.10. The topological polar surface area (TPSA) is 49.7 Å². The van der Waals surface area contributed by atoms with Gasteiger partial charge in [0.05, 0.1) is 20.3 Å². The van der Waals surface area contributed by atoms with Gasteiger partial charge >= 0.3 is 0 Å². The molecule has 0 radical (unpaired) electrons. The monoisotopic (exact) mass is 348 g/mol. The zero-order valence-corrected chi connectivity index (χ0v) is 14.9. The van der Waals surface area contributed by atoms with E-state index >= 15 is 0 Å². The Balaban J connectivity index is 2.54. The number of aryl methyl sites for hydroxylation is 1. The standard InChI is InChI=1S/C18H20O3S2/c1-11-3-12(9-19)5-14(4-11)17(22)18(23)15-6-13(10-20)7-16(8-15)21-2/h3-8,19-20,22-23H,9-10H2,1-2H3. The highest BCUT2D eigenvalue weighted by Crippen LogP contribution is 2.34. The van der Waals surface area contributed by atoms with Crippen LogP contribution in [-0.4, -0.2) is 17.3 Å². The Hall–Kier alpha value is -1.40. The molecule has 23 heavy (non-hydrogen) atoms. The van der Waals surface area contributed by atoms with Gasteiger partial charge in [0, 0.05) is 9.81 Å². The fourth-order valence-electron chi connectivity index (χ4n) is 2.37. The summed E-state index contributed by atoms with van der Waals surface area (Å²) in [6.45, 7) is 1.87. The molecule has 5 heteroatoms. The number of rotatable bonds is 5. The summed E-state index contributed by atoms with van der Waals surface area (Å²) in [5.41, 5.74) is 4.31. The molecule has 0 saturated heterocycles. The number of aliphatic hydroxyl groups is 2. The first kappa shape index (κ1) is 17.9. The minimum atomic E-state index is -0.0771. The van der Waals surface area contributed by atoms with E-state index in [1.807, 2.05) is 37.3 Å². The van der Waals surface area contributed by atoms with Crippen LogP contribution >= 0.6 is 25.3 Å². The second kappa shape index (κ2) is 7.93. The number of ether oxygens (including phenoxy) is 1. The van der Waals surface area contributed by atoms with Crippen molar-refractivity contribution in [3.8, 4) is 5.75 Å². The Bertz CT molecular complexity index is 717. The summed E-state index contributed by atoms with van der Waals surface area (Å²) in [6.07, 6.45) is 0. The quantitative estimate of drug-likeness (QED) is 0.493. The van der Waals surface area contributed by atoms with Gasteiger partial charge in [0.25, 0.3) is 0 Å². The number of thiol groups is 2. The van der Waals surface area contributed by atoms with Gasteiger partial charge in [-0.1, -0.05) is 17.7 Å². The van der Waals surface area contributed by atoms with Crippen LogP contribution in [0.25, 0.3) is 9.81 Å². The predicted octanol–water partition coefficient (Wildman–Crippen LogP) is 3.67. The number of hydrogen-bond acceptors (Lipinski definition) is 5. The summed E-state index contributed by atoms with van der Waals surface area (Å²) in [4.78, 5) is 1.38. The van der Waals surface area contributed by atoms with E-state index in [1.165, 1.54) is 0 Å². The lowest BCUT2D eigenvalue weighted by molar-refractivity contribution is 0.281. The molecule has 0 saturated carbocycles. The number of benzene rings is 2. The van der Waals surface area contributed by atoms with E-state index in [0.29, 0.717) is 15.6 Å². The zero-order valence-electron chi connectivity index (χ0n) is 13.1. The maximum absolute atomic E-state index is 9.38. The molecule has 122 valence electrons. The van der Waals surface area contributed by atoms with Crippen molar-refractivity contribution in [2.24, 2.45) is 0 Å². The summed E-state index contributed by atoms with van der Waals surface area (Å²) >= 11 is 9.20. The molecular weight excluding hydrogens is 328 g/mol. The second-order valence-electron chi connectivity index (χ2n) is 5.29. The number of hydrogen-bond donors (Lipinski definition) is 4. The van der Waals surface area contributed by atoms with Gasteiger partial charge in [-0.25, -0.2) is 0 Å². The molecule has 2 aromatic rings. The van der Waals surface area contributed by atoms with Gasteiger partial charge in [-0.15, -0.1) is 25.3 Å². The van der Waals surface area contributed by atoms with E-state index in [4.69, 9.17) is 4.74 Å². The third-order valence-corrected chi connectivity index (χ3v) is 4.62. The summed E-state index contributed by atoms with van der Waals surface area (Å²) in [5.74, 6) is 0.652. The molecule has 3 nitrogen and oxygen atoms in total. The molecule has 0 unspecified atom stereocenters. The van der Waals surface area contributed by atoms with Crippen LogP contribution in [0.2, 0.25) is 0 Å². The Morgan fingerprint density at radius 3 is 1.91 bits per heavy atom. The smallest absolute Gasteiger partial charge is 0.119 e. The third-order valence-electron chi connectivity index (χ3n) is 3.48. The number of methoxy groups -OCH3 is 1. The van der Waals surface area contributed by atoms with Crippen molar-refractivity contribution in [3.63, 3.8) is 0 Å². The molecule has 0 aromatic heterocycles. The molecular formula is C18H20O3S2. The van der Waals surface area contributed by atoms with Gasteiger partial charge < -0.3 is 14.9 Å². The van der Waals surface area contributed by atoms with Crippen molar-refractivity contribution < 1.29 is 14.9 Å². The highest BCUT2D eigenvalue weighted by atomic mass is 32.1. The van der Waals surface area contributed by atoms with E-state index in [-0.39, 0.29) is 13.2 Å². The maximum atomic E-state index is 9.38. The van der Waals surface area contributed by atoms with E-state index in [1.54, 1.807) is 13.2 Å². The normalized spacial score (nSPS) is 12.1. The summed E-state index contributed by atoms with van der Waals surface area (Å²) < 4.78 is 5.26. The molecule has 0 atom stereocenters. The summed E-state index contributed by atoms with van der Waals surface area (Å²) in [7, 11) is 1.58. The summed E-state index contributed by atoms with van der Waals surface area (Å²) in [5, 5.41) is 18.7. The van der Waals surface area contributed by atoms with Crippen molar-refractivity contribution in [1.29, 1.82) is 0 Å². The minimum Gasteiger partial charge on any atom is -0.497 e. The van der Waals surface area contributed by atoms with Crippen LogP contribution in [0.1, 0.15) is 27.8 Å². The lowest BCUT2D eigenvalue weighted by atomic mass is 10.0. The first-order valence-electron chi connectivity index (χ1n) is 7.11. The predicted molar refractivity (Wildman–Crippen MR) is 101 cm³/mol. The van der Waals surface area contributed by atoms with Gasteiger partial charge in [-0.3, -0.25) is 0 Å². The van der Waals surface area contributed by atoms with Gasteiger partial charge in [-0.2, -0.15) is 0 Å². The third kappa shape index (κ3) is 4.32. The largest absolute Gasteiger partial charge is 0.497 e. The van der Waals surface area contributed by atoms with E-state index in [9.17, 15) is 10.2 Å². The summed E-state index contributed by atoms with van der Waals surface area (Å²) in [6, 6.07) is 11.3. The van der Waals surface area contributed by atoms with Crippen LogP contribution in [0, 0.1) is 6.92 Å². The Labute approximate surface area is 147 Å². The van der Waals surface area contributed by atoms with Gasteiger partial charge in [0.15, 0.2) is 0 Å². The van der Waals surface area contributed by atoms with Gasteiger partial charge in [0.2, 0.25) is 0 Å². The van der Waals surface area contributed by atoms with Crippen LogP contribution in [0.3, 0.4) is 0 Å². The van der Waals surface area contributed by atoms with Crippen molar-refractivity contribution in [2.75, 3.05) is 7.11 Å². The Morgan fingerprint density at radius 2 is 1.39 bits per heavy atom. The van der Waals surface area contributed by atoms with Crippen LogP contribution in [-0.2, 0) is 13.2 Å². The molecule has 0 amide bonds. The maximum Gasteiger partial charge on any atom is 0.119 e. The van der Waals surface area contributed by atoms with E-state index < -0.39 is 0 Å². The fourth-order valence-corrected chi connectivity index (χ4v) is 2.89. The van der Waals surface area contributed by atoms with Crippen LogP contribution in [0.5, 0.6) is 5.75 Å². The van der Waals surface area contributed by atoms with E-state index in [2.05, 4.69) is 25.3 Å². The molecule has 0 bridgehead atoms. The Kier molecular flexibility index (Phi) is 6.18. The average Bonchev–Trinajstić information content (AvgIpc) is 2.59. The fraction of sp³-hybridized carbons (Fsp3) is 0.222.